The number of rotatable bonds is 3. The smallest absolute Gasteiger partial charge is 0.209 e. The van der Waals surface area contributed by atoms with Crippen LogP contribution < -0.4 is 5.32 Å². The molecule has 3 heterocycles. The molecule has 1 atom stereocenters. The highest BCUT2D eigenvalue weighted by Crippen LogP contribution is 2.41. The Hall–Kier alpha value is -6.39. The molecule has 0 amide bonds. The van der Waals surface area contributed by atoms with Gasteiger partial charge in [0.1, 0.15) is 5.58 Å². The van der Waals surface area contributed by atoms with Crippen LogP contribution >= 0.6 is 0 Å². The van der Waals surface area contributed by atoms with E-state index in [4.69, 9.17) is 9.41 Å². The Labute approximate surface area is 277 Å². The Balaban J connectivity index is 1.16. The molecule has 0 bridgehead atoms. The third-order valence-electron chi connectivity index (χ3n) is 9.76. The van der Waals surface area contributed by atoms with Gasteiger partial charge in [0.15, 0.2) is 0 Å². The van der Waals surface area contributed by atoms with E-state index >= 15 is 0 Å². The molecule has 1 unspecified atom stereocenters. The van der Waals surface area contributed by atoms with Crippen molar-refractivity contribution >= 4 is 55.2 Å². The minimum atomic E-state index is -0.0842. The van der Waals surface area contributed by atoms with Crippen molar-refractivity contribution in [2.45, 2.75) is 6.04 Å². The maximum Gasteiger partial charge on any atom is 0.209 e. The van der Waals surface area contributed by atoms with Gasteiger partial charge in [0, 0.05) is 27.1 Å². The Morgan fingerprint density at radius 3 is 2.12 bits per heavy atom. The maximum atomic E-state index is 5.60. The van der Waals surface area contributed by atoms with Gasteiger partial charge in [0.05, 0.1) is 29.0 Å². The van der Waals surface area contributed by atoms with Crippen molar-refractivity contribution in [2.24, 2.45) is 4.99 Å². The summed E-state index contributed by atoms with van der Waals surface area (Å²) in [6.45, 7) is 0. The second-order valence-corrected chi connectivity index (χ2v) is 12.5. The van der Waals surface area contributed by atoms with E-state index in [-0.39, 0.29) is 6.04 Å². The van der Waals surface area contributed by atoms with E-state index < -0.39 is 0 Å². The second-order valence-electron chi connectivity index (χ2n) is 12.5. The molecule has 226 valence electrons. The van der Waals surface area contributed by atoms with Crippen molar-refractivity contribution in [3.63, 3.8) is 0 Å². The molecule has 1 aliphatic rings. The molecule has 1 aliphatic heterocycles. The molecule has 0 saturated heterocycles. The first-order valence-electron chi connectivity index (χ1n) is 16.3. The van der Waals surface area contributed by atoms with Gasteiger partial charge in [-0.05, 0) is 69.6 Å². The van der Waals surface area contributed by atoms with Crippen molar-refractivity contribution < 1.29 is 4.42 Å². The van der Waals surface area contributed by atoms with Gasteiger partial charge in [-0.15, -0.1) is 0 Å². The van der Waals surface area contributed by atoms with Crippen molar-refractivity contribution in [1.29, 1.82) is 0 Å². The zero-order valence-electron chi connectivity index (χ0n) is 26.0. The summed E-state index contributed by atoms with van der Waals surface area (Å²) in [5.74, 6) is 0.815. The third-order valence-corrected chi connectivity index (χ3v) is 9.76. The van der Waals surface area contributed by atoms with Crippen LogP contribution in [0.1, 0.15) is 17.2 Å². The summed E-state index contributed by atoms with van der Waals surface area (Å²) < 4.78 is 7.90. The highest BCUT2D eigenvalue weighted by atomic mass is 16.3. The fourth-order valence-corrected chi connectivity index (χ4v) is 7.38. The van der Waals surface area contributed by atoms with E-state index in [1.54, 1.807) is 6.26 Å². The van der Waals surface area contributed by atoms with Crippen LogP contribution in [0.4, 0.5) is 5.69 Å². The van der Waals surface area contributed by atoms with E-state index in [2.05, 4.69) is 155 Å². The summed E-state index contributed by atoms with van der Waals surface area (Å²) in [7, 11) is 0. The number of aliphatic imine (C=N–C) groups is 1. The van der Waals surface area contributed by atoms with E-state index in [9.17, 15) is 0 Å². The fraction of sp³-hybridized carbons (Fsp3) is 0.0227. The standard InChI is InChI=1S/C44H29N3O/c1-2-8-28(9-3-1)29-14-16-31(17-15-29)42-37-21-18-30-10-4-5-11-35(30)43(37)46-44(45-42)47-39-13-7-6-12-36(39)38-27-33(19-22-40(38)47)32-20-23-41-34(26-32)24-25-48-41/h1-27,42H,(H,45,46). The van der Waals surface area contributed by atoms with Gasteiger partial charge in [0.2, 0.25) is 5.96 Å². The van der Waals surface area contributed by atoms with Gasteiger partial charge in [0.25, 0.3) is 0 Å². The number of fused-ring (bicyclic) bond motifs is 7. The minimum absolute atomic E-state index is 0.0842. The van der Waals surface area contributed by atoms with Gasteiger partial charge >= 0.3 is 0 Å². The first-order valence-corrected chi connectivity index (χ1v) is 16.3. The van der Waals surface area contributed by atoms with Crippen LogP contribution in [0.2, 0.25) is 0 Å². The number of aromatic nitrogens is 1. The van der Waals surface area contributed by atoms with Crippen LogP contribution in [0.25, 0.3) is 65.8 Å². The molecule has 0 aliphatic carbocycles. The molecule has 1 N–H and O–H groups in total. The van der Waals surface area contributed by atoms with Crippen molar-refractivity contribution in [3.8, 4) is 22.3 Å². The summed E-state index contributed by atoms with van der Waals surface area (Å²) in [6.07, 6.45) is 1.75. The summed E-state index contributed by atoms with van der Waals surface area (Å²) in [5.41, 5.74) is 11.2. The molecule has 7 aromatic carbocycles. The zero-order chi connectivity index (χ0) is 31.6. The predicted molar refractivity (Wildman–Crippen MR) is 198 cm³/mol. The van der Waals surface area contributed by atoms with E-state index in [1.807, 2.05) is 12.1 Å². The molecule has 4 nitrogen and oxygen atoms in total. The molecule has 48 heavy (non-hydrogen) atoms. The number of hydrogen-bond donors (Lipinski definition) is 1. The van der Waals surface area contributed by atoms with Crippen molar-refractivity contribution in [2.75, 3.05) is 0 Å². The predicted octanol–water partition coefficient (Wildman–Crippen LogP) is 11.3. The van der Waals surface area contributed by atoms with Crippen LogP contribution in [0.5, 0.6) is 0 Å². The zero-order valence-corrected chi connectivity index (χ0v) is 26.0. The molecule has 0 fully saturated rings. The van der Waals surface area contributed by atoms with E-state index in [0.29, 0.717) is 0 Å². The molecule has 0 radical (unpaired) electrons. The topological polar surface area (TPSA) is 42.5 Å². The number of benzene rings is 7. The Kier molecular flexibility index (Phi) is 5.90. The first kappa shape index (κ1) is 26.8. The van der Waals surface area contributed by atoms with Crippen molar-refractivity contribution in [3.05, 3.63) is 175 Å². The van der Waals surface area contributed by atoms with Crippen LogP contribution in [0.15, 0.2) is 173 Å². The number of furan rings is 1. The van der Waals surface area contributed by atoms with E-state index in [0.717, 1.165) is 44.6 Å². The average molecular weight is 616 g/mol. The second kappa shape index (κ2) is 10.6. The maximum absolute atomic E-state index is 5.60. The Morgan fingerprint density at radius 1 is 0.521 bits per heavy atom. The lowest BCUT2D eigenvalue weighted by Gasteiger charge is -2.29. The molecular weight excluding hydrogens is 587 g/mol. The number of para-hydroxylation sites is 1. The fourth-order valence-electron chi connectivity index (χ4n) is 7.38. The highest BCUT2D eigenvalue weighted by molar-refractivity contribution is 6.16. The summed E-state index contributed by atoms with van der Waals surface area (Å²) in [6, 6.07) is 56.2. The molecular formula is C44H29N3O. The molecule has 4 heteroatoms. The normalized spacial score (nSPS) is 14.3. The summed E-state index contributed by atoms with van der Waals surface area (Å²) >= 11 is 0. The summed E-state index contributed by atoms with van der Waals surface area (Å²) in [5, 5.41) is 9.71. The molecule has 0 saturated carbocycles. The average Bonchev–Trinajstić information content (AvgIpc) is 3.77. The van der Waals surface area contributed by atoms with Crippen molar-refractivity contribution in [1.82, 2.24) is 9.88 Å². The van der Waals surface area contributed by atoms with Gasteiger partial charge in [-0.3, -0.25) is 4.57 Å². The van der Waals surface area contributed by atoms with Gasteiger partial charge in [-0.2, -0.15) is 0 Å². The quantitative estimate of drug-likeness (QED) is 0.215. The lowest BCUT2D eigenvalue weighted by molar-refractivity contribution is 0.616. The van der Waals surface area contributed by atoms with Crippen LogP contribution in [0, 0.1) is 0 Å². The highest BCUT2D eigenvalue weighted by Gasteiger charge is 2.28. The molecule has 2 aromatic heterocycles. The Bertz CT molecular complexity index is 2700. The number of nitrogens with one attached hydrogen (secondary N) is 1. The number of hydrogen-bond acceptors (Lipinski definition) is 3. The van der Waals surface area contributed by atoms with Crippen LogP contribution in [0.3, 0.4) is 0 Å². The first-order chi connectivity index (χ1) is 23.8. The summed E-state index contributed by atoms with van der Waals surface area (Å²) in [4.78, 5) is 5.42. The Morgan fingerprint density at radius 2 is 1.23 bits per heavy atom. The van der Waals surface area contributed by atoms with Gasteiger partial charge < -0.3 is 9.73 Å². The molecule has 9 aromatic rings. The lowest BCUT2D eigenvalue weighted by Crippen LogP contribution is -2.36. The monoisotopic (exact) mass is 615 g/mol. The molecule has 10 rings (SSSR count). The van der Waals surface area contributed by atoms with E-state index in [1.165, 1.54) is 44.0 Å². The van der Waals surface area contributed by atoms with Crippen LogP contribution in [-0.2, 0) is 0 Å². The minimum Gasteiger partial charge on any atom is -0.464 e. The lowest BCUT2D eigenvalue weighted by atomic mass is 9.92. The SMILES string of the molecule is c1ccc(-c2ccc(C3NC(n4c5ccccc5c5cc(-c6ccc7occc7c6)ccc54)=Nc4c3ccc3ccccc43)cc2)cc1. The largest absolute Gasteiger partial charge is 0.464 e. The van der Waals surface area contributed by atoms with Gasteiger partial charge in [-0.25, -0.2) is 4.99 Å². The third kappa shape index (κ3) is 4.20. The number of nitrogens with zero attached hydrogens (tertiary/aromatic N) is 2. The molecule has 0 spiro atoms. The van der Waals surface area contributed by atoms with Gasteiger partial charge in [-0.1, -0.05) is 121 Å². The van der Waals surface area contributed by atoms with Crippen LogP contribution in [-0.4, -0.2) is 10.5 Å².